The van der Waals surface area contributed by atoms with Gasteiger partial charge in [0.2, 0.25) is 5.91 Å². The summed E-state index contributed by atoms with van der Waals surface area (Å²) >= 11 is 0. The Morgan fingerprint density at radius 2 is 1.52 bits per heavy atom. The number of benzene rings is 2. The third-order valence-corrected chi connectivity index (χ3v) is 5.80. The summed E-state index contributed by atoms with van der Waals surface area (Å²) < 4.78 is 0. The van der Waals surface area contributed by atoms with Crippen LogP contribution in [0.25, 0.3) is 0 Å². The van der Waals surface area contributed by atoms with E-state index in [2.05, 4.69) is 36.9 Å². The van der Waals surface area contributed by atoms with E-state index in [0.29, 0.717) is 24.2 Å². The Morgan fingerprint density at radius 3 is 2.14 bits per heavy atom. The number of hydrogen-bond donors (Lipinski definition) is 0. The molecule has 2 aliphatic heterocycles. The molecule has 29 heavy (non-hydrogen) atoms. The molecule has 2 aromatic rings. The topological polar surface area (TPSA) is 60.9 Å². The molecule has 6 heteroatoms. The van der Waals surface area contributed by atoms with Gasteiger partial charge >= 0.3 is 0 Å². The summed E-state index contributed by atoms with van der Waals surface area (Å²) in [6, 6.07) is 13.2. The zero-order valence-corrected chi connectivity index (χ0v) is 16.9. The number of rotatable bonds is 4. The molecule has 0 aliphatic carbocycles. The molecule has 150 valence electrons. The van der Waals surface area contributed by atoms with Crippen LogP contribution in [0.15, 0.2) is 42.5 Å². The van der Waals surface area contributed by atoms with Crippen LogP contribution in [0.1, 0.15) is 37.4 Å². The Hall–Kier alpha value is -2.99. The van der Waals surface area contributed by atoms with Crippen LogP contribution in [0.5, 0.6) is 0 Å². The number of amides is 3. The van der Waals surface area contributed by atoms with Gasteiger partial charge in [0, 0.05) is 32.7 Å². The second kappa shape index (κ2) is 7.79. The smallest absolute Gasteiger partial charge is 0.262 e. The summed E-state index contributed by atoms with van der Waals surface area (Å²) in [6.45, 7) is 7.66. The summed E-state index contributed by atoms with van der Waals surface area (Å²) in [5.41, 5.74) is 4.60. The maximum absolute atomic E-state index is 12.7. The van der Waals surface area contributed by atoms with Crippen LogP contribution < -0.4 is 0 Å². The average Bonchev–Trinajstić information content (AvgIpc) is 2.96. The van der Waals surface area contributed by atoms with Crippen molar-refractivity contribution in [2.24, 2.45) is 0 Å². The van der Waals surface area contributed by atoms with Crippen LogP contribution in [-0.2, 0) is 11.3 Å². The molecule has 6 nitrogen and oxygen atoms in total. The highest BCUT2D eigenvalue weighted by molar-refractivity contribution is 6.22. The number of carbonyl (C=O) groups is 3. The minimum absolute atomic E-state index is 0.175. The van der Waals surface area contributed by atoms with Gasteiger partial charge in [0.05, 0.1) is 11.1 Å². The summed E-state index contributed by atoms with van der Waals surface area (Å²) in [5, 5.41) is 0. The molecule has 0 bridgehead atoms. The summed E-state index contributed by atoms with van der Waals surface area (Å²) in [4.78, 5) is 42.8. The van der Waals surface area contributed by atoms with E-state index in [-0.39, 0.29) is 24.3 Å². The van der Waals surface area contributed by atoms with Gasteiger partial charge in [0.1, 0.15) is 6.54 Å². The molecule has 0 radical (unpaired) electrons. The van der Waals surface area contributed by atoms with Crippen LogP contribution in [-0.4, -0.2) is 65.1 Å². The van der Waals surface area contributed by atoms with Crippen LogP contribution in [0.4, 0.5) is 0 Å². The Kier molecular flexibility index (Phi) is 5.20. The highest BCUT2D eigenvalue weighted by Crippen LogP contribution is 2.22. The molecule has 2 aromatic carbocycles. The van der Waals surface area contributed by atoms with Gasteiger partial charge in [0.25, 0.3) is 11.8 Å². The molecule has 3 amide bonds. The molecule has 1 saturated heterocycles. The maximum atomic E-state index is 12.7. The van der Waals surface area contributed by atoms with Gasteiger partial charge in [-0.1, -0.05) is 35.9 Å². The molecule has 4 rings (SSSR count). The second-order valence-corrected chi connectivity index (χ2v) is 7.83. The molecular weight excluding hydrogens is 366 g/mol. The van der Waals surface area contributed by atoms with E-state index in [0.717, 1.165) is 24.5 Å². The summed E-state index contributed by atoms with van der Waals surface area (Å²) in [7, 11) is 0. The van der Waals surface area contributed by atoms with Crippen molar-refractivity contribution in [2.75, 3.05) is 32.7 Å². The number of hydrogen-bond acceptors (Lipinski definition) is 4. The number of nitrogens with zero attached hydrogens (tertiary/aromatic N) is 3. The first-order chi connectivity index (χ1) is 13.9. The first-order valence-electron chi connectivity index (χ1n) is 9.95. The van der Waals surface area contributed by atoms with E-state index >= 15 is 0 Å². The van der Waals surface area contributed by atoms with Gasteiger partial charge in [-0.2, -0.15) is 0 Å². The van der Waals surface area contributed by atoms with Crippen molar-refractivity contribution < 1.29 is 14.4 Å². The highest BCUT2D eigenvalue weighted by atomic mass is 16.2. The lowest BCUT2D eigenvalue weighted by molar-refractivity contribution is -0.133. The van der Waals surface area contributed by atoms with Gasteiger partial charge in [-0.3, -0.25) is 24.2 Å². The molecular formula is C23H25N3O3. The van der Waals surface area contributed by atoms with Crippen molar-refractivity contribution in [1.82, 2.24) is 14.7 Å². The van der Waals surface area contributed by atoms with E-state index in [1.807, 2.05) is 0 Å². The lowest BCUT2D eigenvalue weighted by atomic mass is 10.0. The Morgan fingerprint density at radius 1 is 0.897 bits per heavy atom. The lowest BCUT2D eigenvalue weighted by Crippen LogP contribution is -2.51. The molecule has 0 saturated carbocycles. The van der Waals surface area contributed by atoms with Crippen LogP contribution >= 0.6 is 0 Å². The Bertz CT molecular complexity index is 942. The van der Waals surface area contributed by atoms with Crippen LogP contribution in [0.2, 0.25) is 0 Å². The fourth-order valence-electron chi connectivity index (χ4n) is 3.98. The van der Waals surface area contributed by atoms with Crippen molar-refractivity contribution in [3.63, 3.8) is 0 Å². The van der Waals surface area contributed by atoms with Crippen molar-refractivity contribution in [3.8, 4) is 0 Å². The van der Waals surface area contributed by atoms with E-state index in [4.69, 9.17) is 0 Å². The lowest BCUT2D eigenvalue weighted by Gasteiger charge is -2.35. The van der Waals surface area contributed by atoms with E-state index < -0.39 is 0 Å². The van der Waals surface area contributed by atoms with Gasteiger partial charge in [0.15, 0.2) is 0 Å². The number of carbonyl (C=O) groups excluding carboxylic acids is 3. The van der Waals surface area contributed by atoms with Crippen molar-refractivity contribution in [2.45, 2.75) is 20.4 Å². The average molecular weight is 391 g/mol. The minimum atomic E-state index is -0.382. The van der Waals surface area contributed by atoms with Gasteiger partial charge < -0.3 is 4.90 Å². The molecule has 0 N–H and O–H groups in total. The number of piperazine rings is 1. The van der Waals surface area contributed by atoms with Gasteiger partial charge in [-0.25, -0.2) is 0 Å². The van der Waals surface area contributed by atoms with Crippen LogP contribution in [0, 0.1) is 13.8 Å². The number of aryl methyl sites for hydroxylation is 2. The second-order valence-electron chi connectivity index (χ2n) is 7.83. The largest absolute Gasteiger partial charge is 0.339 e. The van der Waals surface area contributed by atoms with Crippen molar-refractivity contribution in [1.29, 1.82) is 0 Å². The quantitative estimate of drug-likeness (QED) is 0.750. The third-order valence-electron chi connectivity index (χ3n) is 5.80. The Labute approximate surface area is 170 Å². The molecule has 1 fully saturated rings. The summed E-state index contributed by atoms with van der Waals surface area (Å²) in [6.07, 6.45) is 0. The fourth-order valence-corrected chi connectivity index (χ4v) is 3.98. The number of fused-ring (bicyclic) bond motifs is 1. The normalized spacial score (nSPS) is 17.0. The molecule has 0 spiro atoms. The zero-order valence-electron chi connectivity index (χ0n) is 16.9. The monoisotopic (exact) mass is 391 g/mol. The SMILES string of the molecule is Cc1ccc(C)c(CN2CCN(C(=O)CN3C(=O)c4ccccc4C3=O)CC2)c1. The number of imide groups is 1. The molecule has 2 heterocycles. The Balaban J connectivity index is 1.33. The first-order valence-corrected chi connectivity index (χ1v) is 9.95. The molecule has 0 aromatic heterocycles. The highest BCUT2D eigenvalue weighted by Gasteiger charge is 2.37. The maximum Gasteiger partial charge on any atom is 0.262 e. The zero-order chi connectivity index (χ0) is 20.5. The molecule has 0 atom stereocenters. The predicted molar refractivity (Wildman–Crippen MR) is 110 cm³/mol. The standard InChI is InChI=1S/C23H25N3O3/c1-16-7-8-17(2)18(13-16)14-24-9-11-25(12-10-24)21(27)15-26-22(28)19-5-3-4-6-20(19)23(26)29/h3-8,13H,9-12,14-15H2,1-2H3. The minimum Gasteiger partial charge on any atom is -0.339 e. The van der Waals surface area contributed by atoms with Crippen LogP contribution in [0.3, 0.4) is 0 Å². The first kappa shape index (κ1) is 19.3. The van der Waals surface area contributed by atoms with Gasteiger partial charge in [-0.15, -0.1) is 0 Å². The predicted octanol–water partition coefficient (Wildman–Crippen LogP) is 2.24. The fraction of sp³-hybridized carbons (Fsp3) is 0.348. The summed E-state index contributed by atoms with van der Waals surface area (Å²) in [5.74, 6) is -0.939. The van der Waals surface area contributed by atoms with Crippen molar-refractivity contribution in [3.05, 3.63) is 70.3 Å². The van der Waals surface area contributed by atoms with E-state index in [1.165, 1.54) is 16.7 Å². The van der Waals surface area contributed by atoms with E-state index in [9.17, 15) is 14.4 Å². The van der Waals surface area contributed by atoms with E-state index in [1.54, 1.807) is 29.2 Å². The van der Waals surface area contributed by atoms with Crippen molar-refractivity contribution >= 4 is 17.7 Å². The molecule has 2 aliphatic rings. The third kappa shape index (κ3) is 3.80. The molecule has 0 unspecified atom stereocenters. The van der Waals surface area contributed by atoms with Gasteiger partial charge in [-0.05, 0) is 37.1 Å².